The van der Waals surface area contributed by atoms with Gasteiger partial charge >= 0.3 is 11.9 Å². The molecule has 0 aromatic heterocycles. The number of carbonyl (C=O) groups is 2. The van der Waals surface area contributed by atoms with Crippen molar-refractivity contribution in [3.05, 3.63) is 88.0 Å². The molecule has 5 rings (SSSR count). The molecule has 1 N–H and O–H groups in total. The summed E-state index contributed by atoms with van der Waals surface area (Å²) in [6.45, 7) is 11.5. The van der Waals surface area contributed by atoms with Gasteiger partial charge in [-0.1, -0.05) is 30.3 Å². The maximum absolute atomic E-state index is 12.8. The first-order valence-corrected chi connectivity index (χ1v) is 13.7. The average Bonchev–Trinajstić information content (AvgIpc) is 3.70. The van der Waals surface area contributed by atoms with Crippen LogP contribution < -0.4 is 9.64 Å². The molecule has 0 amide bonds. The first-order chi connectivity index (χ1) is 18.9. The fourth-order valence-electron chi connectivity index (χ4n) is 5.52. The van der Waals surface area contributed by atoms with E-state index in [-0.39, 0.29) is 11.3 Å². The van der Waals surface area contributed by atoms with Gasteiger partial charge in [-0.2, -0.15) is 0 Å². The molecule has 1 aliphatic carbocycles. The third-order valence-corrected chi connectivity index (χ3v) is 8.02. The topological polar surface area (TPSA) is 76.1 Å². The van der Waals surface area contributed by atoms with Crippen molar-refractivity contribution in [3.63, 3.8) is 0 Å². The molecule has 0 bridgehead atoms. The van der Waals surface area contributed by atoms with Crippen molar-refractivity contribution in [1.29, 1.82) is 0 Å². The number of carboxylic acid groups (broad SMARTS) is 1. The van der Waals surface area contributed by atoms with E-state index in [1.807, 2.05) is 19.1 Å². The predicted octanol–water partition coefficient (Wildman–Crippen LogP) is 7.89. The Morgan fingerprint density at radius 1 is 1.02 bits per heavy atom. The van der Waals surface area contributed by atoms with Crippen LogP contribution in [0.15, 0.2) is 54.6 Å². The molecule has 0 spiro atoms. The van der Waals surface area contributed by atoms with Crippen molar-refractivity contribution in [2.24, 2.45) is 5.41 Å². The van der Waals surface area contributed by atoms with E-state index < -0.39 is 23.1 Å². The lowest BCUT2D eigenvalue weighted by atomic mass is 9.90. The van der Waals surface area contributed by atoms with Gasteiger partial charge in [-0.15, -0.1) is 0 Å². The van der Waals surface area contributed by atoms with E-state index in [0.717, 1.165) is 22.4 Å². The number of hydrogen-bond acceptors (Lipinski definition) is 5. The zero-order chi connectivity index (χ0) is 29.0. The molecule has 1 heterocycles. The van der Waals surface area contributed by atoms with Gasteiger partial charge in [0.2, 0.25) is 0 Å². The standard InChI is InChI=1S/C34H37NO5/c1-20-10-8-12-24(22-14-15-22)26(20)19-27-30-21(2)11-9-13-28(30)35(34(27,6)39-7)23-16-17-25(31(36)37)29(18-23)40-32(38)33(3,4)5/h8-13,16-19,22H,14-15H2,1-7H3,(H,36,37)/b27-19-. The number of carbonyl (C=O) groups excluding carboxylic acids is 1. The summed E-state index contributed by atoms with van der Waals surface area (Å²) in [5.74, 6) is -1.09. The van der Waals surface area contributed by atoms with E-state index in [0.29, 0.717) is 11.6 Å². The van der Waals surface area contributed by atoms with Crippen LogP contribution in [0.3, 0.4) is 0 Å². The van der Waals surface area contributed by atoms with Crippen molar-refractivity contribution in [2.75, 3.05) is 12.0 Å². The summed E-state index contributed by atoms with van der Waals surface area (Å²) in [6.07, 6.45) is 4.67. The van der Waals surface area contributed by atoms with E-state index in [2.05, 4.69) is 49.1 Å². The molecule has 3 aromatic carbocycles. The number of aromatic carboxylic acids is 1. The summed E-state index contributed by atoms with van der Waals surface area (Å²) >= 11 is 0. The molecular formula is C34H37NO5. The lowest BCUT2D eigenvalue weighted by Crippen LogP contribution is -2.42. The largest absolute Gasteiger partial charge is 0.478 e. The fraction of sp³-hybridized carbons (Fsp3) is 0.353. The molecule has 2 aliphatic rings. The van der Waals surface area contributed by atoms with Crippen molar-refractivity contribution >= 4 is 35.0 Å². The number of hydrogen-bond donors (Lipinski definition) is 1. The molecule has 6 heteroatoms. The first-order valence-electron chi connectivity index (χ1n) is 13.7. The van der Waals surface area contributed by atoms with Gasteiger partial charge < -0.3 is 19.5 Å². The molecule has 40 heavy (non-hydrogen) atoms. The lowest BCUT2D eigenvalue weighted by molar-refractivity contribution is -0.143. The third kappa shape index (κ3) is 4.71. The van der Waals surface area contributed by atoms with Crippen LogP contribution in [0.4, 0.5) is 11.4 Å². The van der Waals surface area contributed by atoms with Crippen molar-refractivity contribution in [3.8, 4) is 5.75 Å². The van der Waals surface area contributed by atoms with Crippen LogP contribution in [0, 0.1) is 19.3 Å². The first kappa shape index (κ1) is 27.7. The van der Waals surface area contributed by atoms with Gasteiger partial charge in [-0.25, -0.2) is 4.79 Å². The zero-order valence-corrected chi connectivity index (χ0v) is 24.3. The Bertz CT molecular complexity index is 1540. The van der Waals surface area contributed by atoms with Gasteiger partial charge in [0.05, 0.1) is 11.1 Å². The lowest BCUT2D eigenvalue weighted by Gasteiger charge is -2.37. The van der Waals surface area contributed by atoms with E-state index in [1.54, 1.807) is 40.0 Å². The smallest absolute Gasteiger partial charge is 0.339 e. The van der Waals surface area contributed by atoms with Crippen LogP contribution in [0.1, 0.15) is 84.6 Å². The van der Waals surface area contributed by atoms with Gasteiger partial charge in [0.25, 0.3) is 0 Å². The number of methoxy groups -OCH3 is 1. The van der Waals surface area contributed by atoms with Crippen LogP contribution in [-0.2, 0) is 9.53 Å². The Hall–Kier alpha value is -3.90. The highest BCUT2D eigenvalue weighted by molar-refractivity contribution is 6.02. The Balaban J connectivity index is 1.72. The van der Waals surface area contributed by atoms with Crippen LogP contribution in [-0.4, -0.2) is 29.9 Å². The fourth-order valence-corrected chi connectivity index (χ4v) is 5.52. The molecule has 6 nitrogen and oxygen atoms in total. The van der Waals surface area contributed by atoms with E-state index >= 15 is 0 Å². The summed E-state index contributed by atoms with van der Waals surface area (Å²) in [4.78, 5) is 26.9. The second-order valence-corrected chi connectivity index (χ2v) is 12.0. The average molecular weight is 540 g/mol. The quantitative estimate of drug-likeness (QED) is 0.254. The normalized spacial score (nSPS) is 19.6. The molecule has 0 radical (unpaired) electrons. The number of nitrogens with zero attached hydrogens (tertiary/aromatic N) is 1. The van der Waals surface area contributed by atoms with Gasteiger partial charge in [0.1, 0.15) is 11.3 Å². The highest BCUT2D eigenvalue weighted by Crippen LogP contribution is 2.54. The molecule has 0 saturated heterocycles. The van der Waals surface area contributed by atoms with Crippen molar-refractivity contribution in [1.82, 2.24) is 0 Å². The zero-order valence-electron chi connectivity index (χ0n) is 24.3. The monoisotopic (exact) mass is 539 g/mol. The Morgan fingerprint density at radius 2 is 1.70 bits per heavy atom. The third-order valence-electron chi connectivity index (χ3n) is 8.02. The summed E-state index contributed by atoms with van der Waals surface area (Å²) < 4.78 is 12.0. The molecule has 1 atom stereocenters. The number of fused-ring (bicyclic) bond motifs is 1. The van der Waals surface area contributed by atoms with E-state index in [9.17, 15) is 14.7 Å². The number of aryl methyl sites for hydroxylation is 2. The Labute approximate surface area is 236 Å². The van der Waals surface area contributed by atoms with E-state index in [1.165, 1.54) is 35.6 Å². The van der Waals surface area contributed by atoms with Crippen LogP contribution in [0.2, 0.25) is 0 Å². The van der Waals surface area contributed by atoms with Crippen molar-refractivity contribution < 1.29 is 24.2 Å². The minimum Gasteiger partial charge on any atom is -0.478 e. The van der Waals surface area contributed by atoms with Crippen LogP contribution >= 0.6 is 0 Å². The molecule has 1 aliphatic heterocycles. The number of benzene rings is 3. The molecule has 1 saturated carbocycles. The van der Waals surface area contributed by atoms with Crippen LogP contribution in [0.25, 0.3) is 11.6 Å². The van der Waals surface area contributed by atoms with Gasteiger partial charge in [-0.05, 0) is 107 Å². The second kappa shape index (κ2) is 9.93. The van der Waals surface area contributed by atoms with Gasteiger partial charge in [0, 0.05) is 30.0 Å². The van der Waals surface area contributed by atoms with Gasteiger partial charge in [-0.3, -0.25) is 4.79 Å². The highest BCUT2D eigenvalue weighted by atomic mass is 16.5. The number of ether oxygens (including phenoxy) is 2. The number of rotatable bonds is 6. The summed E-state index contributed by atoms with van der Waals surface area (Å²) in [5.41, 5.74) is 6.81. The maximum atomic E-state index is 12.8. The predicted molar refractivity (Wildman–Crippen MR) is 158 cm³/mol. The summed E-state index contributed by atoms with van der Waals surface area (Å²) in [6, 6.07) is 17.5. The maximum Gasteiger partial charge on any atom is 0.339 e. The minimum absolute atomic E-state index is 0.00457. The van der Waals surface area contributed by atoms with E-state index in [4.69, 9.17) is 9.47 Å². The Morgan fingerprint density at radius 3 is 2.33 bits per heavy atom. The molecule has 208 valence electrons. The molecular weight excluding hydrogens is 502 g/mol. The minimum atomic E-state index is -1.16. The van der Waals surface area contributed by atoms with Gasteiger partial charge in [0.15, 0.2) is 5.72 Å². The number of carboxylic acids is 1. The summed E-state index contributed by atoms with van der Waals surface area (Å²) in [7, 11) is 1.69. The van der Waals surface area contributed by atoms with Crippen molar-refractivity contribution in [2.45, 2.75) is 66.0 Å². The molecule has 1 unspecified atom stereocenters. The molecule has 3 aromatic rings. The Kier molecular flexibility index (Phi) is 6.87. The number of anilines is 2. The number of esters is 1. The summed E-state index contributed by atoms with van der Waals surface area (Å²) in [5, 5.41) is 9.85. The second-order valence-electron chi connectivity index (χ2n) is 12.0. The highest BCUT2D eigenvalue weighted by Gasteiger charge is 2.47. The molecule has 1 fully saturated rings. The van der Waals surface area contributed by atoms with Crippen LogP contribution in [0.5, 0.6) is 5.75 Å². The SMILES string of the molecule is COC1(C)/C(=C\c2c(C)cccc2C2CC2)c2c(C)cccc2N1c1ccc(C(=O)O)c(OC(=O)C(C)(C)C)c1.